The predicted molar refractivity (Wildman–Crippen MR) is 82.9 cm³/mol. The van der Waals surface area contributed by atoms with Crippen molar-refractivity contribution < 1.29 is 19.8 Å². The highest BCUT2D eigenvalue weighted by atomic mass is 16.7. The van der Waals surface area contributed by atoms with Gasteiger partial charge in [0.2, 0.25) is 0 Å². The van der Waals surface area contributed by atoms with E-state index in [-0.39, 0.29) is 11.2 Å². The number of nitrogens with two attached hydrogens (primary N) is 1. The fourth-order valence-corrected chi connectivity index (χ4v) is 6.04. The molecule has 0 aromatic heterocycles. The van der Waals surface area contributed by atoms with Crippen molar-refractivity contribution >= 4 is 0 Å². The Morgan fingerprint density at radius 3 is 2.78 bits per heavy atom. The molecule has 1 spiro atoms. The van der Waals surface area contributed by atoms with E-state index in [0.29, 0.717) is 24.7 Å². The number of rotatable bonds is 1. The summed E-state index contributed by atoms with van der Waals surface area (Å²) in [7, 11) is 0. The number of aliphatic hydroxyl groups is 2. The Morgan fingerprint density at radius 1 is 1.22 bits per heavy atom. The van der Waals surface area contributed by atoms with Crippen molar-refractivity contribution in [2.24, 2.45) is 17.7 Å². The second kappa shape index (κ2) is 4.46. The van der Waals surface area contributed by atoms with Gasteiger partial charge in [-0.05, 0) is 49.2 Å². The van der Waals surface area contributed by atoms with Gasteiger partial charge in [-0.15, -0.1) is 0 Å². The summed E-state index contributed by atoms with van der Waals surface area (Å²) in [6.45, 7) is 0.780. The van der Waals surface area contributed by atoms with Crippen LogP contribution in [0.4, 0.5) is 0 Å². The number of allylic oxidation sites excluding steroid dienone is 2. The van der Waals surface area contributed by atoms with E-state index < -0.39 is 5.79 Å². The molecule has 0 radical (unpaired) electrons. The molecule has 4 N–H and O–H groups in total. The second-order valence-electron chi connectivity index (χ2n) is 8.19. The van der Waals surface area contributed by atoms with Crippen molar-refractivity contribution in [1.29, 1.82) is 0 Å². The zero-order chi connectivity index (χ0) is 15.9. The van der Waals surface area contributed by atoms with Gasteiger partial charge in [0.05, 0.1) is 6.61 Å². The highest BCUT2D eigenvalue weighted by molar-refractivity contribution is 5.46. The first-order valence-electron chi connectivity index (χ1n) is 8.88. The van der Waals surface area contributed by atoms with Gasteiger partial charge in [-0.1, -0.05) is 11.6 Å². The molecule has 1 saturated carbocycles. The van der Waals surface area contributed by atoms with E-state index in [1.807, 2.05) is 0 Å². The molecule has 0 amide bonds. The van der Waals surface area contributed by atoms with Gasteiger partial charge in [0.1, 0.15) is 11.2 Å². The molecule has 5 aliphatic rings. The molecule has 5 heteroatoms. The molecule has 4 aliphatic carbocycles. The highest BCUT2D eigenvalue weighted by Gasteiger charge is 2.71. The number of hydrogen-bond acceptors (Lipinski definition) is 5. The molecule has 2 fully saturated rings. The lowest BCUT2D eigenvalue weighted by molar-refractivity contribution is -0.167. The monoisotopic (exact) mass is 319 g/mol. The summed E-state index contributed by atoms with van der Waals surface area (Å²) in [5.74, 6) is 5.20. The summed E-state index contributed by atoms with van der Waals surface area (Å²) in [5.41, 5.74) is 3.60. The van der Waals surface area contributed by atoms with E-state index in [1.54, 1.807) is 0 Å². The van der Waals surface area contributed by atoms with Gasteiger partial charge in [-0.3, -0.25) is 4.84 Å². The van der Waals surface area contributed by atoms with Crippen LogP contribution in [0.2, 0.25) is 0 Å². The molecule has 23 heavy (non-hydrogen) atoms. The Labute approximate surface area is 136 Å². The van der Waals surface area contributed by atoms with E-state index in [1.165, 1.54) is 16.7 Å². The number of hydrogen-bond donors (Lipinski definition) is 3. The second-order valence-corrected chi connectivity index (χ2v) is 8.19. The van der Waals surface area contributed by atoms with Crippen LogP contribution in [-0.4, -0.2) is 33.8 Å². The topological polar surface area (TPSA) is 88.2 Å². The summed E-state index contributed by atoms with van der Waals surface area (Å²) >= 11 is 0. The van der Waals surface area contributed by atoms with Crippen molar-refractivity contribution in [2.45, 2.75) is 68.4 Å². The number of fused-ring (bicyclic) bond motifs is 5. The van der Waals surface area contributed by atoms with Gasteiger partial charge in [0.15, 0.2) is 5.79 Å². The minimum Gasteiger partial charge on any atom is -0.366 e. The molecule has 1 saturated heterocycles. The average molecular weight is 319 g/mol. The van der Waals surface area contributed by atoms with Gasteiger partial charge >= 0.3 is 0 Å². The van der Waals surface area contributed by atoms with Crippen molar-refractivity contribution in [2.75, 3.05) is 6.61 Å². The molecule has 4 atom stereocenters. The summed E-state index contributed by atoms with van der Waals surface area (Å²) < 4.78 is 5.82. The first-order valence-corrected chi connectivity index (χ1v) is 8.88. The summed E-state index contributed by atoms with van der Waals surface area (Å²) in [6, 6.07) is 0. The van der Waals surface area contributed by atoms with Gasteiger partial charge in [0.25, 0.3) is 0 Å². The maximum atomic E-state index is 9.96. The molecule has 1 aliphatic heterocycles. The maximum Gasteiger partial charge on any atom is 0.166 e. The van der Waals surface area contributed by atoms with Crippen LogP contribution >= 0.6 is 0 Å². The van der Waals surface area contributed by atoms with Gasteiger partial charge in [-0.25, -0.2) is 5.90 Å². The van der Waals surface area contributed by atoms with E-state index in [9.17, 15) is 10.2 Å². The van der Waals surface area contributed by atoms with Crippen LogP contribution in [0.3, 0.4) is 0 Å². The average Bonchev–Trinajstić information content (AvgIpc) is 3.24. The van der Waals surface area contributed by atoms with Crippen molar-refractivity contribution in [3.05, 3.63) is 22.8 Å². The zero-order valence-corrected chi connectivity index (χ0v) is 13.4. The van der Waals surface area contributed by atoms with Crippen molar-refractivity contribution in [3.8, 4) is 0 Å². The molecule has 5 rings (SSSR count). The third-order valence-electron chi connectivity index (χ3n) is 7.25. The standard InChI is InChI=1S/C18H25NO4/c19-23-18-8-4-13-12-3-7-17(20,21)9-11(12)1-2-14(13)15(18)5-6-16(18)10-22-16/h4,14-15,20-21H,1-3,5-10,19H2/t14?,15?,16-,18-/m1/s1. The van der Waals surface area contributed by atoms with Crippen molar-refractivity contribution in [1.82, 2.24) is 0 Å². The molecule has 0 aromatic rings. The van der Waals surface area contributed by atoms with Crippen LogP contribution in [0, 0.1) is 11.8 Å². The first kappa shape index (κ1) is 14.6. The third kappa shape index (κ3) is 1.80. The van der Waals surface area contributed by atoms with Crippen LogP contribution in [0.5, 0.6) is 0 Å². The predicted octanol–water partition coefficient (Wildman–Crippen LogP) is 1.70. The largest absolute Gasteiger partial charge is 0.366 e. The minimum absolute atomic E-state index is 0.138. The third-order valence-corrected chi connectivity index (χ3v) is 7.25. The Kier molecular flexibility index (Phi) is 2.84. The van der Waals surface area contributed by atoms with Gasteiger partial charge in [-0.2, -0.15) is 0 Å². The fraction of sp³-hybridized carbons (Fsp3) is 0.778. The Bertz CT molecular complexity index is 619. The Morgan fingerprint density at radius 2 is 2.04 bits per heavy atom. The lowest BCUT2D eigenvalue weighted by Crippen LogP contribution is -2.54. The Balaban J connectivity index is 1.54. The normalized spacial score (nSPS) is 47.0. The van der Waals surface area contributed by atoms with E-state index in [4.69, 9.17) is 15.5 Å². The molecule has 5 nitrogen and oxygen atoms in total. The Hall–Kier alpha value is -0.720. The van der Waals surface area contributed by atoms with E-state index in [2.05, 4.69) is 6.08 Å². The quantitative estimate of drug-likeness (QED) is 0.389. The first-order chi connectivity index (χ1) is 11.0. The molecule has 0 bridgehead atoms. The van der Waals surface area contributed by atoms with Crippen LogP contribution in [0.15, 0.2) is 22.8 Å². The highest BCUT2D eigenvalue weighted by Crippen LogP contribution is 2.64. The molecule has 126 valence electrons. The van der Waals surface area contributed by atoms with Gasteiger partial charge < -0.3 is 14.9 Å². The summed E-state index contributed by atoms with van der Waals surface area (Å²) in [6.07, 6.45) is 8.95. The SMILES string of the molecule is NO[C@]12CC=C3C4=C(CCC3C1CC[C@@]21CO1)CC(O)(O)CC4. The maximum absolute atomic E-state index is 9.96. The molecule has 2 unspecified atom stereocenters. The number of epoxide rings is 1. The van der Waals surface area contributed by atoms with E-state index >= 15 is 0 Å². The van der Waals surface area contributed by atoms with E-state index in [0.717, 1.165) is 45.1 Å². The summed E-state index contributed by atoms with van der Waals surface area (Å²) in [4.78, 5) is 5.63. The lowest BCUT2D eigenvalue weighted by Gasteiger charge is -2.48. The smallest absolute Gasteiger partial charge is 0.166 e. The van der Waals surface area contributed by atoms with Gasteiger partial charge in [0, 0.05) is 25.2 Å². The summed E-state index contributed by atoms with van der Waals surface area (Å²) in [5, 5.41) is 19.9. The van der Waals surface area contributed by atoms with Crippen LogP contribution in [0.1, 0.15) is 51.4 Å². The van der Waals surface area contributed by atoms with Crippen LogP contribution in [0.25, 0.3) is 0 Å². The lowest BCUT2D eigenvalue weighted by atomic mass is 9.61. The number of ether oxygens (including phenoxy) is 1. The zero-order valence-electron chi connectivity index (χ0n) is 13.4. The molecule has 0 aromatic carbocycles. The molecular weight excluding hydrogens is 294 g/mol. The fourth-order valence-electron chi connectivity index (χ4n) is 6.04. The minimum atomic E-state index is -1.51. The molecular formula is C18H25NO4. The van der Waals surface area contributed by atoms with Crippen LogP contribution < -0.4 is 5.90 Å². The van der Waals surface area contributed by atoms with Crippen molar-refractivity contribution in [3.63, 3.8) is 0 Å². The molecule has 1 heterocycles. The van der Waals surface area contributed by atoms with Crippen LogP contribution in [-0.2, 0) is 9.57 Å².